The molecule has 0 radical (unpaired) electrons. The fraction of sp³-hybridized carbons (Fsp3) is 0.789. The molecule has 2 bridgehead atoms. The summed E-state index contributed by atoms with van der Waals surface area (Å²) in [5.41, 5.74) is 1.08. The van der Waals surface area contributed by atoms with E-state index in [4.69, 9.17) is 0 Å². The van der Waals surface area contributed by atoms with Gasteiger partial charge in [0.15, 0.2) is 0 Å². The minimum Gasteiger partial charge on any atom is -0.348 e. The second kappa shape index (κ2) is 6.10. The lowest BCUT2D eigenvalue weighted by Crippen LogP contribution is -2.60. The second-order valence-electron chi connectivity index (χ2n) is 8.65. The Morgan fingerprint density at radius 1 is 1.42 bits per heavy atom. The van der Waals surface area contributed by atoms with Crippen LogP contribution in [0.4, 0.5) is 0 Å². The maximum atomic E-state index is 12.7. The van der Waals surface area contributed by atoms with Crippen LogP contribution in [-0.2, 0) is 0 Å². The molecule has 2 N–H and O–H groups in total. The van der Waals surface area contributed by atoms with Crippen LogP contribution in [0.3, 0.4) is 0 Å². The van der Waals surface area contributed by atoms with E-state index >= 15 is 0 Å². The zero-order chi connectivity index (χ0) is 16.9. The van der Waals surface area contributed by atoms with Gasteiger partial charge in [-0.1, -0.05) is 20.8 Å². The Morgan fingerprint density at radius 2 is 2.25 bits per heavy atom. The monoisotopic (exact) mass is 347 g/mol. The molecule has 24 heavy (non-hydrogen) atoms. The van der Waals surface area contributed by atoms with E-state index in [0.29, 0.717) is 29.0 Å². The van der Waals surface area contributed by atoms with E-state index in [9.17, 15) is 4.79 Å². The van der Waals surface area contributed by atoms with Crippen molar-refractivity contribution in [2.24, 2.45) is 23.2 Å². The van der Waals surface area contributed by atoms with Crippen LogP contribution in [0.2, 0.25) is 0 Å². The van der Waals surface area contributed by atoms with Gasteiger partial charge in [0.25, 0.3) is 5.91 Å². The fourth-order valence-electron chi connectivity index (χ4n) is 5.22. The van der Waals surface area contributed by atoms with E-state index in [-0.39, 0.29) is 5.91 Å². The Bertz CT molecular complexity index is 620. The van der Waals surface area contributed by atoms with E-state index in [1.165, 1.54) is 19.3 Å². The summed E-state index contributed by atoms with van der Waals surface area (Å²) in [7, 11) is 0. The van der Waals surface area contributed by atoms with Gasteiger partial charge in [0.05, 0.1) is 5.01 Å². The van der Waals surface area contributed by atoms with Crippen molar-refractivity contribution in [1.29, 1.82) is 0 Å². The molecule has 5 atom stereocenters. The maximum absolute atomic E-state index is 12.7. The second-order valence-corrected chi connectivity index (χ2v) is 9.54. The van der Waals surface area contributed by atoms with E-state index in [0.717, 1.165) is 36.4 Å². The van der Waals surface area contributed by atoms with Crippen LogP contribution in [0.15, 0.2) is 5.38 Å². The molecule has 1 saturated heterocycles. The van der Waals surface area contributed by atoms with Gasteiger partial charge in [0.2, 0.25) is 0 Å². The average molecular weight is 348 g/mol. The lowest BCUT2D eigenvalue weighted by molar-refractivity contribution is -0.113. The Kier molecular flexibility index (Phi) is 4.20. The van der Waals surface area contributed by atoms with Gasteiger partial charge in [0.1, 0.15) is 5.69 Å². The SMILES string of the molecule is CC1C(NC(=O)c2csc(C3CCCNC3)n2)CC2CC1C2(C)C. The molecule has 5 heteroatoms. The molecular weight excluding hydrogens is 318 g/mol. The highest BCUT2D eigenvalue weighted by molar-refractivity contribution is 7.09. The summed E-state index contributed by atoms with van der Waals surface area (Å²) in [6, 6.07) is 0.316. The minimum absolute atomic E-state index is 0.0252. The fourth-order valence-corrected chi connectivity index (χ4v) is 6.16. The highest BCUT2D eigenvalue weighted by Gasteiger charge is 2.56. The summed E-state index contributed by atoms with van der Waals surface area (Å²) in [5.74, 6) is 2.59. The Morgan fingerprint density at radius 3 is 2.92 bits per heavy atom. The summed E-state index contributed by atoms with van der Waals surface area (Å²) in [6.07, 6.45) is 4.85. The number of carbonyl (C=O) groups excluding carboxylic acids is 1. The molecule has 1 aromatic rings. The predicted molar refractivity (Wildman–Crippen MR) is 97.4 cm³/mol. The van der Waals surface area contributed by atoms with Crippen LogP contribution in [0.25, 0.3) is 0 Å². The maximum Gasteiger partial charge on any atom is 0.270 e. The van der Waals surface area contributed by atoms with Gasteiger partial charge in [-0.2, -0.15) is 0 Å². The number of carbonyl (C=O) groups is 1. The van der Waals surface area contributed by atoms with Crippen molar-refractivity contribution in [2.75, 3.05) is 13.1 Å². The van der Waals surface area contributed by atoms with Crippen molar-refractivity contribution in [3.05, 3.63) is 16.1 Å². The Hall–Kier alpha value is -0.940. The van der Waals surface area contributed by atoms with Gasteiger partial charge in [0, 0.05) is 23.9 Å². The molecular formula is C19H29N3OS. The van der Waals surface area contributed by atoms with Crippen LogP contribution >= 0.6 is 11.3 Å². The number of amides is 1. The lowest BCUT2D eigenvalue weighted by atomic mass is 9.45. The number of fused-ring (bicyclic) bond motifs is 2. The number of rotatable bonds is 3. The normalized spacial score (nSPS) is 37.5. The highest BCUT2D eigenvalue weighted by atomic mass is 32.1. The smallest absolute Gasteiger partial charge is 0.270 e. The molecule has 0 aromatic carbocycles. The third-order valence-corrected chi connectivity index (χ3v) is 8.08. The zero-order valence-corrected chi connectivity index (χ0v) is 15.8. The molecule has 1 aliphatic heterocycles. The summed E-state index contributed by atoms with van der Waals surface area (Å²) in [4.78, 5) is 17.3. The number of thiazole rings is 1. The van der Waals surface area contributed by atoms with E-state index < -0.39 is 0 Å². The van der Waals surface area contributed by atoms with Gasteiger partial charge < -0.3 is 10.6 Å². The van der Waals surface area contributed by atoms with Crippen molar-refractivity contribution in [2.45, 2.75) is 58.4 Å². The van der Waals surface area contributed by atoms with Crippen LogP contribution in [-0.4, -0.2) is 30.0 Å². The van der Waals surface area contributed by atoms with E-state index in [1.54, 1.807) is 11.3 Å². The number of nitrogens with zero attached hydrogens (tertiary/aromatic N) is 1. The predicted octanol–water partition coefficient (Wildman–Crippen LogP) is 3.41. The molecule has 4 aliphatic rings. The summed E-state index contributed by atoms with van der Waals surface area (Å²) < 4.78 is 0. The number of hydrogen-bond donors (Lipinski definition) is 2. The molecule has 0 spiro atoms. The first-order valence-corrected chi connectivity index (χ1v) is 10.3. The van der Waals surface area contributed by atoms with Crippen molar-refractivity contribution >= 4 is 17.2 Å². The van der Waals surface area contributed by atoms with E-state index in [2.05, 4.69) is 36.4 Å². The third-order valence-electron chi connectivity index (χ3n) is 7.07. The van der Waals surface area contributed by atoms with Crippen molar-refractivity contribution in [3.63, 3.8) is 0 Å². The van der Waals surface area contributed by atoms with Gasteiger partial charge in [-0.3, -0.25) is 4.79 Å². The van der Waals surface area contributed by atoms with Crippen molar-refractivity contribution < 1.29 is 4.79 Å². The molecule has 3 aliphatic carbocycles. The topological polar surface area (TPSA) is 54.0 Å². The first kappa shape index (κ1) is 16.5. The number of hydrogen-bond acceptors (Lipinski definition) is 4. The average Bonchev–Trinajstić information content (AvgIpc) is 3.07. The number of aromatic nitrogens is 1. The number of piperidine rings is 1. The standard InChI is InChI=1S/C19H29N3OS/c1-11-14-7-13(19(14,2)3)8-15(11)21-17(23)16-10-24-18(22-16)12-5-4-6-20-9-12/h10-15,20H,4-9H2,1-3H3,(H,21,23). The molecule has 4 nitrogen and oxygen atoms in total. The number of nitrogens with one attached hydrogen (secondary N) is 2. The highest BCUT2D eigenvalue weighted by Crippen LogP contribution is 2.61. The third kappa shape index (κ3) is 2.70. The van der Waals surface area contributed by atoms with Crippen molar-refractivity contribution in [3.8, 4) is 0 Å². The van der Waals surface area contributed by atoms with Crippen LogP contribution < -0.4 is 10.6 Å². The Labute approximate surface area is 148 Å². The quantitative estimate of drug-likeness (QED) is 0.881. The Balaban J connectivity index is 1.39. The molecule has 1 aromatic heterocycles. The van der Waals surface area contributed by atoms with Gasteiger partial charge in [-0.05, 0) is 55.4 Å². The lowest BCUT2D eigenvalue weighted by Gasteiger charge is -2.62. The summed E-state index contributed by atoms with van der Waals surface area (Å²) >= 11 is 1.64. The van der Waals surface area contributed by atoms with Crippen LogP contribution in [0, 0.1) is 23.2 Å². The largest absolute Gasteiger partial charge is 0.348 e. The first-order chi connectivity index (χ1) is 11.5. The van der Waals surface area contributed by atoms with Crippen LogP contribution in [0.5, 0.6) is 0 Å². The zero-order valence-electron chi connectivity index (χ0n) is 15.0. The minimum atomic E-state index is 0.0252. The summed E-state index contributed by atoms with van der Waals surface area (Å²) in [5, 5.41) is 9.78. The van der Waals surface area contributed by atoms with Gasteiger partial charge in [-0.15, -0.1) is 11.3 Å². The van der Waals surface area contributed by atoms with E-state index in [1.807, 2.05) is 5.38 Å². The molecule has 4 fully saturated rings. The van der Waals surface area contributed by atoms with Crippen molar-refractivity contribution in [1.82, 2.24) is 15.6 Å². The van der Waals surface area contributed by atoms with Gasteiger partial charge >= 0.3 is 0 Å². The molecule has 5 unspecified atom stereocenters. The molecule has 132 valence electrons. The van der Waals surface area contributed by atoms with Gasteiger partial charge in [-0.25, -0.2) is 4.98 Å². The first-order valence-electron chi connectivity index (χ1n) is 9.44. The summed E-state index contributed by atoms with van der Waals surface area (Å²) in [6.45, 7) is 9.20. The molecule has 3 saturated carbocycles. The van der Waals surface area contributed by atoms with Crippen LogP contribution in [0.1, 0.15) is 67.9 Å². The molecule has 2 heterocycles. The molecule has 1 amide bonds. The molecule has 5 rings (SSSR count).